The number of ether oxygens (including phenoxy) is 2. The summed E-state index contributed by atoms with van der Waals surface area (Å²) in [5, 5.41) is 0. The summed E-state index contributed by atoms with van der Waals surface area (Å²) in [5.41, 5.74) is 2.57. The van der Waals surface area contributed by atoms with Crippen molar-refractivity contribution in [3.63, 3.8) is 0 Å². The molecule has 0 saturated carbocycles. The van der Waals surface area contributed by atoms with E-state index >= 15 is 0 Å². The first-order chi connectivity index (χ1) is 10.7. The van der Waals surface area contributed by atoms with E-state index in [0.717, 1.165) is 30.3 Å². The summed E-state index contributed by atoms with van der Waals surface area (Å²) in [5.74, 6) is 2.86. The van der Waals surface area contributed by atoms with Gasteiger partial charge in [-0.3, -0.25) is 0 Å². The number of hydrogen-bond donors (Lipinski definition) is 0. The number of benzene rings is 2. The fourth-order valence-corrected chi connectivity index (χ4v) is 3.04. The molecule has 3 nitrogen and oxygen atoms in total. The quantitative estimate of drug-likeness (QED) is 0.674. The molecule has 0 atom stereocenters. The predicted octanol–water partition coefficient (Wildman–Crippen LogP) is 4.37. The molecule has 0 fully saturated rings. The van der Waals surface area contributed by atoms with E-state index in [4.69, 9.17) is 9.47 Å². The van der Waals surface area contributed by atoms with Gasteiger partial charge in [0.15, 0.2) is 0 Å². The highest BCUT2D eigenvalue weighted by Gasteiger charge is 2.08. The molecule has 118 valence electrons. The molecule has 2 aromatic rings. The summed E-state index contributed by atoms with van der Waals surface area (Å²) in [6, 6.07) is 16.5. The van der Waals surface area contributed by atoms with Gasteiger partial charge in [-0.2, -0.15) is 0 Å². The Morgan fingerprint density at radius 3 is 1.50 bits per heavy atom. The van der Waals surface area contributed by atoms with Crippen LogP contribution < -0.4 is 9.47 Å². The lowest BCUT2D eigenvalue weighted by Gasteiger charge is -2.21. The largest absolute Gasteiger partial charge is 0.497 e. The Balaban J connectivity index is 2.01. The van der Waals surface area contributed by atoms with Crippen LogP contribution in [0.15, 0.2) is 48.5 Å². The number of rotatable bonds is 8. The maximum atomic E-state index is 5.21. The van der Waals surface area contributed by atoms with E-state index in [2.05, 4.69) is 35.5 Å². The molecule has 4 heteroatoms. The molecule has 0 saturated heterocycles. The van der Waals surface area contributed by atoms with Crippen LogP contribution in [0.3, 0.4) is 0 Å². The third-order valence-electron chi connectivity index (χ3n) is 3.35. The molecule has 2 aromatic carbocycles. The summed E-state index contributed by atoms with van der Waals surface area (Å²) in [6.45, 7) is 4.00. The molecule has 0 N–H and O–H groups in total. The maximum Gasteiger partial charge on any atom is 0.118 e. The molecular weight excluding hydrogens is 294 g/mol. The van der Waals surface area contributed by atoms with E-state index in [1.54, 1.807) is 14.2 Å². The predicted molar refractivity (Wildman–Crippen MR) is 93.4 cm³/mol. The SMILES string of the molecule is CCSN(Cc1ccc(OC)cc1)Cc1ccc(OC)cc1. The van der Waals surface area contributed by atoms with Crippen LogP contribution in [0.4, 0.5) is 0 Å². The Hall–Kier alpha value is -1.65. The zero-order valence-corrected chi connectivity index (χ0v) is 14.2. The van der Waals surface area contributed by atoms with Crippen molar-refractivity contribution in [3.8, 4) is 11.5 Å². The molecule has 0 aliphatic rings. The van der Waals surface area contributed by atoms with Gasteiger partial charge in [0, 0.05) is 18.8 Å². The van der Waals surface area contributed by atoms with Crippen LogP contribution in [-0.4, -0.2) is 24.3 Å². The van der Waals surface area contributed by atoms with Crippen LogP contribution >= 0.6 is 11.9 Å². The summed E-state index contributed by atoms with van der Waals surface area (Å²) >= 11 is 1.86. The highest BCUT2D eigenvalue weighted by atomic mass is 32.2. The van der Waals surface area contributed by atoms with Crippen LogP contribution in [0.25, 0.3) is 0 Å². The van der Waals surface area contributed by atoms with Gasteiger partial charge in [-0.05, 0) is 35.4 Å². The van der Waals surface area contributed by atoms with E-state index in [-0.39, 0.29) is 0 Å². The summed E-state index contributed by atoms with van der Waals surface area (Å²) < 4.78 is 12.8. The summed E-state index contributed by atoms with van der Waals surface area (Å²) in [7, 11) is 3.38. The first-order valence-corrected chi connectivity index (χ1v) is 8.33. The van der Waals surface area contributed by atoms with Crippen molar-refractivity contribution in [1.82, 2.24) is 4.31 Å². The van der Waals surface area contributed by atoms with Gasteiger partial charge in [0.2, 0.25) is 0 Å². The van der Waals surface area contributed by atoms with Gasteiger partial charge >= 0.3 is 0 Å². The van der Waals surface area contributed by atoms with Gasteiger partial charge in [-0.15, -0.1) is 0 Å². The third kappa shape index (κ3) is 4.97. The van der Waals surface area contributed by atoms with Crippen LogP contribution in [0, 0.1) is 0 Å². The second-order valence-electron chi connectivity index (χ2n) is 4.91. The smallest absolute Gasteiger partial charge is 0.118 e. The normalized spacial score (nSPS) is 10.7. The molecule has 0 amide bonds. The van der Waals surface area contributed by atoms with Crippen molar-refractivity contribution < 1.29 is 9.47 Å². The van der Waals surface area contributed by atoms with E-state index in [1.807, 2.05) is 36.2 Å². The van der Waals surface area contributed by atoms with Gasteiger partial charge < -0.3 is 9.47 Å². The van der Waals surface area contributed by atoms with Gasteiger partial charge in [0.1, 0.15) is 11.5 Å². The highest BCUT2D eigenvalue weighted by Crippen LogP contribution is 2.21. The second kappa shape index (κ2) is 8.71. The average molecular weight is 317 g/mol. The Kier molecular flexibility index (Phi) is 6.62. The molecule has 0 spiro atoms. The van der Waals surface area contributed by atoms with Crippen LogP contribution in [0.5, 0.6) is 11.5 Å². The molecule has 0 aromatic heterocycles. The minimum absolute atomic E-state index is 0.897. The number of hydrogen-bond acceptors (Lipinski definition) is 4. The highest BCUT2D eigenvalue weighted by molar-refractivity contribution is 7.96. The first kappa shape index (κ1) is 16.7. The van der Waals surface area contributed by atoms with Crippen molar-refractivity contribution in [2.24, 2.45) is 0 Å². The topological polar surface area (TPSA) is 21.7 Å². The fourth-order valence-electron chi connectivity index (χ4n) is 2.20. The van der Waals surface area contributed by atoms with Crippen LogP contribution in [0.1, 0.15) is 18.1 Å². The lowest BCUT2D eigenvalue weighted by molar-refractivity contribution is 0.413. The minimum Gasteiger partial charge on any atom is -0.497 e. The summed E-state index contributed by atoms with van der Waals surface area (Å²) in [4.78, 5) is 0. The Labute approximate surface area is 137 Å². The van der Waals surface area contributed by atoms with Crippen LogP contribution in [-0.2, 0) is 13.1 Å². The molecule has 0 aliphatic heterocycles. The molecule has 0 unspecified atom stereocenters. The zero-order chi connectivity index (χ0) is 15.8. The molecule has 0 heterocycles. The van der Waals surface area contributed by atoms with E-state index < -0.39 is 0 Å². The molecule has 0 bridgehead atoms. The van der Waals surface area contributed by atoms with Crippen molar-refractivity contribution >= 4 is 11.9 Å². The third-order valence-corrected chi connectivity index (χ3v) is 4.23. The van der Waals surface area contributed by atoms with Crippen molar-refractivity contribution in [2.45, 2.75) is 20.0 Å². The van der Waals surface area contributed by atoms with Gasteiger partial charge in [-0.1, -0.05) is 43.1 Å². The molecular formula is C18H23NO2S. The minimum atomic E-state index is 0.897. The van der Waals surface area contributed by atoms with Crippen molar-refractivity contribution in [2.75, 3.05) is 20.0 Å². The molecule has 0 radical (unpaired) electrons. The molecule has 22 heavy (non-hydrogen) atoms. The molecule has 0 aliphatic carbocycles. The van der Waals surface area contributed by atoms with Crippen molar-refractivity contribution in [3.05, 3.63) is 59.7 Å². The molecule has 2 rings (SSSR count). The Morgan fingerprint density at radius 2 is 1.18 bits per heavy atom. The first-order valence-electron chi connectivity index (χ1n) is 7.39. The lowest BCUT2D eigenvalue weighted by Crippen LogP contribution is -2.15. The Bertz CT molecular complexity index is 505. The van der Waals surface area contributed by atoms with Gasteiger partial charge in [0.05, 0.1) is 14.2 Å². The van der Waals surface area contributed by atoms with E-state index in [1.165, 1.54) is 11.1 Å². The van der Waals surface area contributed by atoms with Crippen molar-refractivity contribution in [1.29, 1.82) is 0 Å². The van der Waals surface area contributed by atoms with Gasteiger partial charge in [-0.25, -0.2) is 4.31 Å². The number of nitrogens with zero attached hydrogens (tertiary/aromatic N) is 1. The number of methoxy groups -OCH3 is 2. The average Bonchev–Trinajstić information content (AvgIpc) is 2.56. The standard InChI is InChI=1S/C18H23NO2S/c1-4-22-19(13-15-5-9-17(20-2)10-6-15)14-16-7-11-18(21-3)12-8-16/h5-12H,4,13-14H2,1-3H3. The van der Waals surface area contributed by atoms with E-state index in [9.17, 15) is 0 Å². The Morgan fingerprint density at radius 1 is 0.773 bits per heavy atom. The monoisotopic (exact) mass is 317 g/mol. The zero-order valence-electron chi connectivity index (χ0n) is 13.4. The summed E-state index contributed by atoms with van der Waals surface area (Å²) in [6.07, 6.45) is 0. The fraction of sp³-hybridized carbons (Fsp3) is 0.333. The van der Waals surface area contributed by atoms with E-state index in [0.29, 0.717) is 0 Å². The lowest BCUT2D eigenvalue weighted by atomic mass is 10.2. The maximum absolute atomic E-state index is 5.21. The second-order valence-corrected chi connectivity index (χ2v) is 6.26. The van der Waals surface area contributed by atoms with Crippen LogP contribution in [0.2, 0.25) is 0 Å². The van der Waals surface area contributed by atoms with Gasteiger partial charge in [0.25, 0.3) is 0 Å².